The summed E-state index contributed by atoms with van der Waals surface area (Å²) in [6.45, 7) is 5.28. The van der Waals surface area contributed by atoms with Gasteiger partial charge in [-0.05, 0) is 105 Å². The molecule has 2 aromatic carbocycles. The van der Waals surface area contributed by atoms with E-state index in [0.29, 0.717) is 30.3 Å². The number of carbonyl (C=O) groups is 1. The molecule has 2 aliphatic heterocycles. The maximum atomic E-state index is 13.4. The smallest absolute Gasteiger partial charge is 0.264 e. The molecule has 2 aromatic rings. The molecule has 1 N–H and O–H groups in total. The second-order valence-electron chi connectivity index (χ2n) is 12.2. The van der Waals surface area contributed by atoms with Gasteiger partial charge >= 0.3 is 0 Å². The van der Waals surface area contributed by atoms with E-state index in [2.05, 4.69) is 15.5 Å². The fourth-order valence-electron chi connectivity index (χ4n) is 6.51. The van der Waals surface area contributed by atoms with Crippen LogP contribution in [-0.4, -0.2) is 45.4 Å². The molecule has 2 heterocycles. The highest BCUT2D eigenvalue weighted by atomic mass is 35.5. The van der Waals surface area contributed by atoms with E-state index in [1.807, 2.05) is 37.3 Å². The van der Waals surface area contributed by atoms with Crippen molar-refractivity contribution in [2.45, 2.75) is 69.8 Å². The maximum absolute atomic E-state index is 13.4. The molecule has 1 aliphatic carbocycles. The molecule has 0 saturated heterocycles. The van der Waals surface area contributed by atoms with Crippen LogP contribution in [0.25, 0.3) is 0 Å². The van der Waals surface area contributed by atoms with Gasteiger partial charge in [0, 0.05) is 36.7 Å². The summed E-state index contributed by atoms with van der Waals surface area (Å²) in [7, 11) is -2.30. The van der Waals surface area contributed by atoms with Crippen molar-refractivity contribution in [3.05, 3.63) is 70.3 Å². The number of nitrogens with zero attached hydrogens (tertiary/aromatic N) is 1. The number of carbonyl (C=O) groups excluding carboxylic acids is 1. The van der Waals surface area contributed by atoms with E-state index in [0.717, 1.165) is 49.9 Å². The molecule has 0 radical (unpaired) electrons. The number of aryl methyl sites for hydroxylation is 1. The molecule has 0 unspecified atom stereocenters. The third-order valence-electron chi connectivity index (χ3n) is 9.62. The molecule has 2 bridgehead atoms. The van der Waals surface area contributed by atoms with Crippen LogP contribution in [-0.2, 0) is 27.8 Å². The summed E-state index contributed by atoms with van der Waals surface area (Å²) in [5, 5.41) is -0.101. The lowest BCUT2D eigenvalue weighted by atomic mass is 9.64. The van der Waals surface area contributed by atoms with Crippen LogP contribution in [0.3, 0.4) is 0 Å². The number of methoxy groups -OCH3 is 1. The fraction of sp³-hybridized carbons (Fsp3) is 0.500. The van der Waals surface area contributed by atoms with Crippen LogP contribution < -0.4 is 14.4 Å². The normalized spacial score (nSPS) is 30.1. The summed E-state index contributed by atoms with van der Waals surface area (Å²) in [5.74, 6) is 3.03. The number of amides is 1. The summed E-state index contributed by atoms with van der Waals surface area (Å²) in [6.07, 6.45) is 15.2. The molecule has 5 atom stereocenters. The molecule has 0 aromatic heterocycles. The average Bonchev–Trinajstić information content (AvgIpc) is 3.00. The van der Waals surface area contributed by atoms with Gasteiger partial charge in [0.25, 0.3) is 5.91 Å². The second-order valence-corrected chi connectivity index (χ2v) is 14.6. The molecule has 0 spiro atoms. The minimum atomic E-state index is -3.94. The topological polar surface area (TPSA) is 84.9 Å². The third-order valence-corrected chi connectivity index (χ3v) is 11.8. The zero-order valence-electron chi connectivity index (χ0n) is 25.1. The van der Waals surface area contributed by atoms with E-state index in [1.54, 1.807) is 32.2 Å². The first-order chi connectivity index (χ1) is 20.6. The number of fused-ring (bicyclic) bond motifs is 3. The van der Waals surface area contributed by atoms with Crippen LogP contribution in [0, 0.1) is 30.1 Å². The molecule has 5 rings (SSSR count). The highest BCUT2D eigenvalue weighted by Gasteiger charge is 2.46. The third kappa shape index (κ3) is 6.60. The Morgan fingerprint density at radius 1 is 1.14 bits per heavy atom. The first kappa shape index (κ1) is 31.4. The van der Waals surface area contributed by atoms with Gasteiger partial charge < -0.3 is 14.4 Å². The van der Waals surface area contributed by atoms with Crippen LogP contribution in [0.15, 0.2) is 48.6 Å². The first-order valence-electron chi connectivity index (χ1n) is 15.1. The van der Waals surface area contributed by atoms with Crippen LogP contribution in [0.1, 0.15) is 67.4 Å². The van der Waals surface area contributed by atoms with Crippen molar-refractivity contribution in [2.24, 2.45) is 17.8 Å². The number of halogens is 1. The number of anilines is 1. The van der Waals surface area contributed by atoms with Crippen molar-refractivity contribution in [1.29, 1.82) is 0 Å². The van der Waals surface area contributed by atoms with E-state index in [9.17, 15) is 13.2 Å². The lowest BCUT2D eigenvalue weighted by molar-refractivity contribution is -0.0348. The number of allylic oxidation sites excluding steroid dienone is 1. The largest absolute Gasteiger partial charge is 0.487 e. The number of sulfonamides is 1. The molecule has 3 aliphatic rings. The molecule has 9 heteroatoms. The van der Waals surface area contributed by atoms with Gasteiger partial charge in [0.1, 0.15) is 18.0 Å². The summed E-state index contributed by atoms with van der Waals surface area (Å²) in [5.41, 5.74) is 2.39. The number of hydrogen-bond acceptors (Lipinski definition) is 6. The monoisotopic (exact) mass is 624 g/mol. The summed E-state index contributed by atoms with van der Waals surface area (Å²) < 4.78 is 41.3. The number of terminal acetylenes is 1. The summed E-state index contributed by atoms with van der Waals surface area (Å²) in [4.78, 5) is 15.6. The van der Waals surface area contributed by atoms with Gasteiger partial charge in [-0.3, -0.25) is 4.79 Å². The van der Waals surface area contributed by atoms with Crippen molar-refractivity contribution in [2.75, 3.05) is 25.1 Å². The predicted molar refractivity (Wildman–Crippen MR) is 171 cm³/mol. The van der Waals surface area contributed by atoms with Crippen molar-refractivity contribution in [1.82, 2.24) is 4.72 Å². The highest BCUT2D eigenvalue weighted by Crippen LogP contribution is 2.46. The van der Waals surface area contributed by atoms with Crippen molar-refractivity contribution in [3.63, 3.8) is 0 Å². The number of benzene rings is 2. The van der Waals surface area contributed by atoms with E-state index >= 15 is 0 Å². The van der Waals surface area contributed by atoms with Gasteiger partial charge in [-0.15, -0.1) is 6.42 Å². The number of rotatable bonds is 1. The maximum Gasteiger partial charge on any atom is 0.264 e. The molecular formula is C34H41ClN2O5S. The van der Waals surface area contributed by atoms with E-state index in [1.165, 1.54) is 5.56 Å². The Morgan fingerprint density at radius 2 is 1.95 bits per heavy atom. The minimum absolute atomic E-state index is 0.101. The molecular weight excluding hydrogens is 584 g/mol. The lowest BCUT2D eigenvalue weighted by Gasteiger charge is -2.47. The second kappa shape index (κ2) is 12.9. The summed E-state index contributed by atoms with van der Waals surface area (Å²) in [6, 6.07) is 11.1. The van der Waals surface area contributed by atoms with Crippen LogP contribution in [0.5, 0.6) is 5.75 Å². The van der Waals surface area contributed by atoms with Crippen molar-refractivity contribution < 1.29 is 22.7 Å². The Labute approximate surface area is 261 Å². The van der Waals surface area contributed by atoms with Crippen LogP contribution >= 0.6 is 11.6 Å². The van der Waals surface area contributed by atoms with E-state index in [4.69, 9.17) is 27.5 Å². The van der Waals surface area contributed by atoms with Gasteiger partial charge in [-0.25, -0.2) is 13.1 Å². The van der Waals surface area contributed by atoms with Gasteiger partial charge in [0.15, 0.2) is 0 Å². The fourth-order valence-corrected chi connectivity index (χ4v) is 7.99. The number of nitrogens with one attached hydrogen (secondary N) is 1. The predicted octanol–water partition coefficient (Wildman–Crippen LogP) is 6.15. The Kier molecular flexibility index (Phi) is 9.46. The SMILES string of the molecule is C#C[C@]1(OC)/C=C/C[C@H](C)[C@@H](C)S(=O)(=O)NC(=O)c2ccc3c(c2)N(CCCCc2cc(Cl)ccc2CO3)C[C@@H]2CC[C@H]21. The Bertz CT molecular complexity index is 1530. The Morgan fingerprint density at radius 3 is 2.67 bits per heavy atom. The zero-order valence-corrected chi connectivity index (χ0v) is 26.7. The van der Waals surface area contributed by atoms with E-state index in [-0.39, 0.29) is 23.3 Å². The summed E-state index contributed by atoms with van der Waals surface area (Å²) >= 11 is 6.32. The molecule has 7 nitrogen and oxygen atoms in total. The first-order valence-corrected chi connectivity index (χ1v) is 17.0. The lowest BCUT2D eigenvalue weighted by Crippen LogP contribution is -2.50. The van der Waals surface area contributed by atoms with Crippen molar-refractivity contribution >= 4 is 33.2 Å². The van der Waals surface area contributed by atoms with Gasteiger partial charge in [0.05, 0.1) is 10.9 Å². The average molecular weight is 625 g/mol. The Balaban J connectivity index is 1.58. The Hall–Kier alpha value is -2.99. The standard InChI is InChI=1S/C34H41ClN2O5S/c1-5-34(41-4)17-8-9-23(2)24(3)43(39,40)36-33(38)26-13-16-32-31(20-26)37(21-27-12-15-30(27)34)18-7-6-10-25-19-29(35)14-11-28(25)22-42-32/h1,8,11,13-14,16-17,19-20,23-24,27,30H,6-7,9-10,12,15,18,21-22H2,2-4H3,(H,36,38)/b17-8+/t23-,24+,27-,30+,34-/m0/s1. The molecule has 1 saturated carbocycles. The quantitative estimate of drug-likeness (QED) is 0.303. The molecule has 1 amide bonds. The molecule has 43 heavy (non-hydrogen) atoms. The van der Waals surface area contributed by atoms with Gasteiger partial charge in [-0.2, -0.15) is 0 Å². The molecule has 230 valence electrons. The van der Waals surface area contributed by atoms with Crippen LogP contribution in [0.2, 0.25) is 5.02 Å². The number of ether oxygens (including phenoxy) is 2. The van der Waals surface area contributed by atoms with Crippen LogP contribution in [0.4, 0.5) is 5.69 Å². The van der Waals surface area contributed by atoms with Gasteiger partial charge in [0.2, 0.25) is 10.0 Å². The van der Waals surface area contributed by atoms with Crippen molar-refractivity contribution in [3.8, 4) is 18.1 Å². The van der Waals surface area contributed by atoms with Gasteiger partial charge in [-0.1, -0.05) is 36.6 Å². The molecule has 1 fully saturated rings. The minimum Gasteiger partial charge on any atom is -0.487 e. The zero-order chi connectivity index (χ0) is 30.8. The van der Waals surface area contributed by atoms with E-state index < -0.39 is 26.8 Å². The highest BCUT2D eigenvalue weighted by molar-refractivity contribution is 7.90. The number of hydrogen-bond donors (Lipinski definition) is 1.